The van der Waals surface area contributed by atoms with Gasteiger partial charge in [-0.05, 0) is 43.7 Å². The van der Waals surface area contributed by atoms with Gasteiger partial charge in [-0.1, -0.05) is 42.1 Å². The number of carbonyl (C=O) groups excluding carboxylic acids is 1. The van der Waals surface area contributed by atoms with Crippen molar-refractivity contribution in [2.75, 3.05) is 12.4 Å². The minimum absolute atomic E-state index is 0.175. The van der Waals surface area contributed by atoms with Crippen molar-refractivity contribution in [1.82, 2.24) is 9.55 Å². The van der Waals surface area contributed by atoms with E-state index < -0.39 is 16.1 Å². The van der Waals surface area contributed by atoms with E-state index in [-0.39, 0.29) is 16.9 Å². The molecule has 0 saturated carbocycles. The van der Waals surface area contributed by atoms with Gasteiger partial charge in [0.15, 0.2) is 5.16 Å². The molecule has 0 bridgehead atoms. The molecule has 0 radical (unpaired) electrons. The van der Waals surface area contributed by atoms with Crippen LogP contribution in [-0.4, -0.2) is 32.7 Å². The maximum absolute atomic E-state index is 13.5. The van der Waals surface area contributed by atoms with Crippen molar-refractivity contribution in [3.8, 4) is 11.4 Å². The molecule has 4 rings (SSSR count). The lowest BCUT2D eigenvalue weighted by Gasteiger charge is -2.18. The quantitative estimate of drug-likeness (QED) is 0.172. The highest BCUT2D eigenvalue weighted by Gasteiger charge is 2.22. The van der Waals surface area contributed by atoms with E-state index in [9.17, 15) is 19.7 Å². The Morgan fingerprint density at radius 2 is 1.86 bits per heavy atom. The molecule has 1 amide bonds. The van der Waals surface area contributed by atoms with Crippen molar-refractivity contribution in [2.45, 2.75) is 24.3 Å². The molecule has 0 aliphatic heterocycles. The summed E-state index contributed by atoms with van der Waals surface area (Å²) in [4.78, 5) is 41.8. The van der Waals surface area contributed by atoms with Crippen molar-refractivity contribution >= 4 is 39.9 Å². The number of benzene rings is 3. The molecule has 0 spiro atoms. The van der Waals surface area contributed by atoms with E-state index in [1.807, 2.05) is 31.2 Å². The Bertz CT molecular complexity index is 1500. The number of aromatic nitrogens is 2. The number of para-hydroxylation sites is 2. The number of methoxy groups -OCH3 is 1. The summed E-state index contributed by atoms with van der Waals surface area (Å²) in [5.74, 6) is -0.130. The number of ether oxygens (including phenoxy) is 1. The summed E-state index contributed by atoms with van der Waals surface area (Å²) in [6.45, 7) is 3.57. The maximum Gasteiger partial charge on any atom is 0.271 e. The van der Waals surface area contributed by atoms with Crippen LogP contribution in [0.2, 0.25) is 0 Å². The van der Waals surface area contributed by atoms with Crippen molar-refractivity contribution in [1.29, 1.82) is 0 Å². The normalized spacial score (nSPS) is 11.7. The molecule has 1 N–H and O–H groups in total. The van der Waals surface area contributed by atoms with Crippen LogP contribution in [0.25, 0.3) is 16.6 Å². The molecule has 1 atom stereocenters. The zero-order valence-corrected chi connectivity index (χ0v) is 20.0. The van der Waals surface area contributed by atoms with Crippen LogP contribution in [0.1, 0.15) is 12.5 Å². The van der Waals surface area contributed by atoms with Crippen molar-refractivity contribution in [3.63, 3.8) is 0 Å². The van der Waals surface area contributed by atoms with Gasteiger partial charge in [-0.3, -0.25) is 24.3 Å². The molecule has 178 valence electrons. The van der Waals surface area contributed by atoms with Crippen LogP contribution in [0.5, 0.6) is 5.75 Å². The number of amides is 1. The maximum atomic E-state index is 13.5. The van der Waals surface area contributed by atoms with Crippen LogP contribution in [0.3, 0.4) is 0 Å². The molecule has 0 saturated heterocycles. The lowest BCUT2D eigenvalue weighted by Crippen LogP contribution is -2.26. The van der Waals surface area contributed by atoms with Gasteiger partial charge in [-0.15, -0.1) is 0 Å². The third kappa shape index (κ3) is 4.87. The highest BCUT2D eigenvalue weighted by molar-refractivity contribution is 8.00. The Labute approximate surface area is 204 Å². The molecule has 35 heavy (non-hydrogen) atoms. The standard InChI is InChI=1S/C25H22N4O5S/c1-15-8-4-7-11-21(15)28-24(31)18-9-5-6-10-19(18)27-25(28)35-16(2)23(30)26-20-14-17(29(32)33)12-13-22(20)34-3/h4-14,16H,1-3H3,(H,26,30)/t16-/m0/s1. The molecule has 0 aliphatic rings. The molecule has 10 heteroatoms. The molecule has 4 aromatic rings. The second-order valence-electron chi connectivity index (χ2n) is 7.73. The Morgan fingerprint density at radius 3 is 2.57 bits per heavy atom. The van der Waals surface area contributed by atoms with Crippen LogP contribution in [-0.2, 0) is 4.79 Å². The van der Waals surface area contributed by atoms with Gasteiger partial charge in [-0.2, -0.15) is 0 Å². The predicted molar refractivity (Wildman–Crippen MR) is 136 cm³/mol. The lowest BCUT2D eigenvalue weighted by atomic mass is 10.2. The van der Waals surface area contributed by atoms with Crippen molar-refractivity contribution in [3.05, 3.63) is 92.8 Å². The summed E-state index contributed by atoms with van der Waals surface area (Å²) in [5, 5.41) is 14.0. The van der Waals surface area contributed by atoms with Gasteiger partial charge in [0.05, 0.1) is 39.6 Å². The Kier molecular flexibility index (Phi) is 6.83. The minimum atomic E-state index is -0.692. The van der Waals surface area contributed by atoms with Crippen LogP contribution >= 0.6 is 11.8 Å². The summed E-state index contributed by atoms with van der Waals surface area (Å²) in [6.07, 6.45) is 0. The number of thioether (sulfide) groups is 1. The number of carbonyl (C=O) groups is 1. The first-order valence-corrected chi connectivity index (χ1v) is 11.6. The number of rotatable bonds is 7. The number of non-ortho nitro benzene ring substituents is 1. The van der Waals surface area contributed by atoms with Gasteiger partial charge in [-0.25, -0.2) is 4.98 Å². The average Bonchev–Trinajstić information content (AvgIpc) is 2.85. The molecule has 3 aromatic carbocycles. The first-order valence-electron chi connectivity index (χ1n) is 10.7. The number of hydrogen-bond acceptors (Lipinski definition) is 7. The molecule has 9 nitrogen and oxygen atoms in total. The number of fused-ring (bicyclic) bond motifs is 1. The van der Waals surface area contributed by atoms with Crippen molar-refractivity contribution in [2.24, 2.45) is 0 Å². The average molecular weight is 491 g/mol. The summed E-state index contributed by atoms with van der Waals surface area (Å²) >= 11 is 1.12. The van der Waals surface area contributed by atoms with Crippen LogP contribution < -0.4 is 15.6 Å². The number of nitrogens with one attached hydrogen (secondary N) is 1. The van der Waals surface area contributed by atoms with E-state index in [0.29, 0.717) is 27.5 Å². The number of aryl methyl sites for hydroxylation is 1. The fraction of sp³-hybridized carbons (Fsp3) is 0.160. The number of nitro groups is 1. The summed E-state index contributed by atoms with van der Waals surface area (Å²) in [6, 6.07) is 18.5. The number of nitro benzene ring substituents is 1. The monoisotopic (exact) mass is 490 g/mol. The van der Waals surface area contributed by atoms with Crippen molar-refractivity contribution < 1.29 is 14.5 Å². The van der Waals surface area contributed by atoms with Crippen LogP contribution in [0, 0.1) is 17.0 Å². The highest BCUT2D eigenvalue weighted by Crippen LogP contribution is 2.31. The molecular formula is C25H22N4O5S. The summed E-state index contributed by atoms with van der Waals surface area (Å²) in [5.41, 5.74) is 1.85. The van der Waals surface area contributed by atoms with Crippen LogP contribution in [0.15, 0.2) is 76.7 Å². The number of anilines is 1. The smallest absolute Gasteiger partial charge is 0.271 e. The first-order chi connectivity index (χ1) is 16.8. The SMILES string of the molecule is COc1ccc([N+](=O)[O-])cc1NC(=O)[C@H](C)Sc1nc2ccccc2c(=O)n1-c1ccccc1C. The van der Waals surface area contributed by atoms with Gasteiger partial charge in [0.2, 0.25) is 5.91 Å². The van der Waals surface area contributed by atoms with Gasteiger partial charge >= 0.3 is 0 Å². The van der Waals surface area contributed by atoms with Gasteiger partial charge in [0.25, 0.3) is 11.2 Å². The van der Waals surface area contributed by atoms with Gasteiger partial charge in [0.1, 0.15) is 5.75 Å². The zero-order valence-electron chi connectivity index (χ0n) is 19.2. The molecular weight excluding hydrogens is 468 g/mol. The van der Waals surface area contributed by atoms with E-state index in [2.05, 4.69) is 10.3 Å². The first kappa shape index (κ1) is 24.0. The fourth-order valence-electron chi connectivity index (χ4n) is 3.57. The second-order valence-corrected chi connectivity index (χ2v) is 9.04. The largest absolute Gasteiger partial charge is 0.495 e. The minimum Gasteiger partial charge on any atom is -0.495 e. The molecule has 1 heterocycles. The van der Waals surface area contributed by atoms with E-state index in [0.717, 1.165) is 17.3 Å². The lowest BCUT2D eigenvalue weighted by molar-refractivity contribution is -0.384. The van der Waals surface area contributed by atoms with E-state index in [4.69, 9.17) is 4.74 Å². The van der Waals surface area contributed by atoms with E-state index in [1.54, 1.807) is 31.2 Å². The number of nitrogens with zero attached hydrogens (tertiary/aromatic N) is 3. The topological polar surface area (TPSA) is 116 Å². The zero-order chi connectivity index (χ0) is 25.1. The third-order valence-corrected chi connectivity index (χ3v) is 6.46. The molecule has 0 fully saturated rings. The fourth-order valence-corrected chi connectivity index (χ4v) is 4.49. The van der Waals surface area contributed by atoms with Gasteiger partial charge < -0.3 is 10.1 Å². The Morgan fingerprint density at radius 1 is 1.14 bits per heavy atom. The summed E-state index contributed by atoms with van der Waals surface area (Å²) < 4.78 is 6.75. The highest BCUT2D eigenvalue weighted by atomic mass is 32.2. The summed E-state index contributed by atoms with van der Waals surface area (Å²) in [7, 11) is 1.41. The van der Waals surface area contributed by atoms with E-state index >= 15 is 0 Å². The number of hydrogen-bond donors (Lipinski definition) is 1. The molecule has 0 aliphatic carbocycles. The second kappa shape index (κ2) is 9.98. The molecule has 1 aromatic heterocycles. The third-order valence-electron chi connectivity index (χ3n) is 5.40. The van der Waals surface area contributed by atoms with Crippen LogP contribution in [0.4, 0.5) is 11.4 Å². The Balaban J connectivity index is 1.72. The van der Waals surface area contributed by atoms with Gasteiger partial charge in [0, 0.05) is 12.1 Å². The Hall–Kier alpha value is -4.18. The predicted octanol–water partition coefficient (Wildman–Crippen LogP) is 4.73. The molecule has 0 unspecified atom stereocenters. The van der Waals surface area contributed by atoms with E-state index in [1.165, 1.54) is 29.9 Å².